The molecule has 2 aliphatic rings. The molecule has 1 aliphatic heterocycles. The molecule has 1 aromatic carbocycles. The Morgan fingerprint density at radius 1 is 1.31 bits per heavy atom. The molecule has 1 N–H and O–H groups in total. The van der Waals surface area contributed by atoms with Crippen molar-refractivity contribution >= 4 is 0 Å². The lowest BCUT2D eigenvalue weighted by atomic mass is 9.68. The number of nitrogens with zero attached hydrogens (tertiary/aromatic N) is 1. The van der Waals surface area contributed by atoms with Crippen molar-refractivity contribution in [1.82, 2.24) is 5.10 Å². The Morgan fingerprint density at radius 2 is 2.12 bits per heavy atom. The molecule has 4 rings (SSSR count). The van der Waals surface area contributed by atoms with Gasteiger partial charge in [0.15, 0.2) is 6.04 Å². The van der Waals surface area contributed by atoms with E-state index in [2.05, 4.69) is 54.1 Å². The van der Waals surface area contributed by atoms with E-state index in [1.54, 1.807) is 0 Å². The van der Waals surface area contributed by atoms with Crippen molar-refractivity contribution in [3.8, 4) is 11.1 Å². The highest BCUT2D eigenvalue weighted by Gasteiger charge is 2.66. The Morgan fingerprint density at radius 3 is 2.94 bits per heavy atom. The molecule has 2 heteroatoms. The van der Waals surface area contributed by atoms with Crippen molar-refractivity contribution in [3.05, 3.63) is 41.7 Å². The predicted octanol–water partition coefficient (Wildman–Crippen LogP) is 2.55. The van der Waals surface area contributed by atoms with Gasteiger partial charge in [0.1, 0.15) is 5.41 Å². The van der Waals surface area contributed by atoms with Gasteiger partial charge >= 0.3 is 0 Å². The van der Waals surface area contributed by atoms with E-state index in [4.69, 9.17) is 0 Å². The highest BCUT2D eigenvalue weighted by molar-refractivity contribution is 5.79. The van der Waals surface area contributed by atoms with Crippen LogP contribution in [0.15, 0.2) is 30.5 Å². The highest BCUT2D eigenvalue weighted by atomic mass is 15.4. The van der Waals surface area contributed by atoms with Crippen LogP contribution in [0.4, 0.5) is 0 Å². The molecule has 1 aromatic heterocycles. The van der Waals surface area contributed by atoms with Crippen molar-refractivity contribution in [1.29, 1.82) is 0 Å². The molecule has 2 aromatic rings. The van der Waals surface area contributed by atoms with Crippen LogP contribution in [0.1, 0.15) is 37.6 Å². The normalized spacial score (nSPS) is 28.5. The Balaban J connectivity index is 2.16. The molecule has 0 amide bonds. The summed E-state index contributed by atoms with van der Waals surface area (Å²) in [4.78, 5) is 0. The zero-order valence-electron chi connectivity index (χ0n) is 9.62. The fourth-order valence-corrected chi connectivity index (χ4v) is 3.83. The van der Waals surface area contributed by atoms with Gasteiger partial charge in [-0.25, -0.2) is 0 Å². The molecule has 0 bridgehead atoms. The minimum Gasteiger partial charge on any atom is -0.172 e. The van der Waals surface area contributed by atoms with E-state index in [1.165, 1.54) is 28.8 Å². The summed E-state index contributed by atoms with van der Waals surface area (Å²) in [6.45, 7) is 4.62. The van der Waals surface area contributed by atoms with Gasteiger partial charge in [0.05, 0.1) is 11.8 Å². The van der Waals surface area contributed by atoms with Gasteiger partial charge in [-0.1, -0.05) is 31.2 Å². The van der Waals surface area contributed by atoms with Crippen molar-refractivity contribution < 1.29 is 4.68 Å². The first-order valence-corrected chi connectivity index (χ1v) is 6.04. The van der Waals surface area contributed by atoms with E-state index >= 15 is 0 Å². The second-order valence-electron chi connectivity index (χ2n) is 4.95. The van der Waals surface area contributed by atoms with E-state index in [9.17, 15) is 0 Å². The first-order chi connectivity index (χ1) is 7.80. The van der Waals surface area contributed by atoms with Gasteiger partial charge in [-0.15, -0.1) is 4.68 Å². The molecular formula is C14H15N2+. The zero-order valence-corrected chi connectivity index (χ0v) is 9.62. The molecule has 0 radical (unpaired) electrons. The monoisotopic (exact) mass is 211 g/mol. The Bertz CT molecular complexity index is 597. The number of hydrogen-bond acceptors (Lipinski definition) is 0. The molecule has 0 spiro atoms. The predicted molar refractivity (Wildman–Crippen MR) is 62.2 cm³/mol. The third-order valence-corrected chi connectivity index (χ3v) is 4.62. The Hall–Kier alpha value is -1.57. The van der Waals surface area contributed by atoms with Crippen LogP contribution in [-0.2, 0) is 5.41 Å². The summed E-state index contributed by atoms with van der Waals surface area (Å²) in [6.07, 6.45) is 3.35. The lowest BCUT2D eigenvalue weighted by Crippen LogP contribution is -2.65. The maximum atomic E-state index is 3.37. The number of rotatable bonds is 1. The first-order valence-electron chi connectivity index (χ1n) is 6.04. The van der Waals surface area contributed by atoms with Gasteiger partial charge in [0.25, 0.3) is 0 Å². The van der Waals surface area contributed by atoms with E-state index in [1.807, 2.05) is 0 Å². The summed E-state index contributed by atoms with van der Waals surface area (Å²) in [5.74, 6) is 0. The smallest absolute Gasteiger partial charge is 0.172 e. The fraction of sp³-hybridized carbons (Fsp3) is 0.357. The van der Waals surface area contributed by atoms with Crippen LogP contribution in [0.2, 0.25) is 0 Å². The quantitative estimate of drug-likeness (QED) is 0.699. The molecular weight excluding hydrogens is 196 g/mol. The van der Waals surface area contributed by atoms with Gasteiger partial charge in [-0.05, 0) is 17.5 Å². The third-order valence-electron chi connectivity index (χ3n) is 4.62. The van der Waals surface area contributed by atoms with Crippen LogP contribution < -0.4 is 4.68 Å². The summed E-state index contributed by atoms with van der Waals surface area (Å²) in [7, 11) is 0. The molecule has 2 unspecified atom stereocenters. The van der Waals surface area contributed by atoms with Crippen molar-refractivity contribution in [3.63, 3.8) is 0 Å². The molecule has 80 valence electrons. The summed E-state index contributed by atoms with van der Waals surface area (Å²) in [5.41, 5.74) is 6.16. The maximum Gasteiger partial charge on any atom is 0.233 e. The van der Waals surface area contributed by atoms with Gasteiger partial charge in [0, 0.05) is 6.92 Å². The lowest BCUT2D eigenvalue weighted by Gasteiger charge is -2.36. The molecule has 0 fully saturated rings. The number of fused-ring (bicyclic) bond motifs is 3. The van der Waals surface area contributed by atoms with Crippen LogP contribution >= 0.6 is 0 Å². The summed E-state index contributed by atoms with van der Waals surface area (Å²) in [6, 6.07) is 9.42. The fourth-order valence-electron chi connectivity index (χ4n) is 3.83. The van der Waals surface area contributed by atoms with E-state index in [0.717, 1.165) is 0 Å². The van der Waals surface area contributed by atoms with Gasteiger partial charge in [-0.2, -0.15) is 5.10 Å². The average molecular weight is 211 g/mol. The van der Waals surface area contributed by atoms with E-state index < -0.39 is 0 Å². The summed E-state index contributed by atoms with van der Waals surface area (Å²) < 4.78 is 2.32. The number of nitrogens with one attached hydrogen (secondary N) is 1. The zero-order chi connectivity index (χ0) is 10.9. The number of aromatic nitrogens is 2. The largest absolute Gasteiger partial charge is 0.233 e. The second kappa shape index (κ2) is 2.40. The van der Waals surface area contributed by atoms with Crippen LogP contribution in [0.25, 0.3) is 11.1 Å². The van der Waals surface area contributed by atoms with Gasteiger partial charge < -0.3 is 0 Å². The molecule has 2 nitrogen and oxygen atoms in total. The average Bonchev–Trinajstić information content (AvgIpc) is 2.80. The van der Waals surface area contributed by atoms with Crippen LogP contribution in [-0.4, -0.2) is 5.10 Å². The topological polar surface area (TPSA) is 19.7 Å². The van der Waals surface area contributed by atoms with Crippen LogP contribution in [0.3, 0.4) is 0 Å². The summed E-state index contributed by atoms with van der Waals surface area (Å²) in [5, 5.41) is 3.37. The summed E-state index contributed by atoms with van der Waals surface area (Å²) >= 11 is 0. The SMILES string of the molecule is CCC12c3ccccc3-c3c[nH][n+](c31)C2C. The molecule has 2 heterocycles. The molecule has 0 saturated carbocycles. The molecule has 16 heavy (non-hydrogen) atoms. The Labute approximate surface area is 94.9 Å². The van der Waals surface area contributed by atoms with Gasteiger partial charge in [-0.3, -0.25) is 0 Å². The number of hydrogen-bond donors (Lipinski definition) is 1. The van der Waals surface area contributed by atoms with Gasteiger partial charge in [0.2, 0.25) is 5.69 Å². The third kappa shape index (κ3) is 0.614. The Kier molecular flexibility index (Phi) is 1.28. The number of aromatic amines is 1. The van der Waals surface area contributed by atoms with Crippen molar-refractivity contribution in [2.75, 3.05) is 0 Å². The van der Waals surface area contributed by atoms with E-state index in [-0.39, 0.29) is 5.41 Å². The van der Waals surface area contributed by atoms with Crippen LogP contribution in [0.5, 0.6) is 0 Å². The molecule has 0 saturated heterocycles. The molecule has 2 atom stereocenters. The highest BCUT2D eigenvalue weighted by Crippen LogP contribution is 2.58. The maximum absolute atomic E-state index is 3.37. The van der Waals surface area contributed by atoms with E-state index in [0.29, 0.717) is 6.04 Å². The molecule has 1 aliphatic carbocycles. The van der Waals surface area contributed by atoms with Crippen molar-refractivity contribution in [2.24, 2.45) is 0 Å². The first kappa shape index (κ1) is 8.57. The minimum absolute atomic E-state index is 0.284. The standard InChI is InChI=1S/C14H14N2/c1-3-14-9(2)16-13(14)11(8-15-16)10-6-4-5-7-12(10)14/h4-9H,3H2,1-2H3/p+1. The number of H-pyrrole nitrogens is 1. The van der Waals surface area contributed by atoms with Crippen molar-refractivity contribution in [2.45, 2.75) is 31.7 Å². The lowest BCUT2D eigenvalue weighted by molar-refractivity contribution is -0.826. The van der Waals surface area contributed by atoms with Crippen LogP contribution in [0, 0.1) is 0 Å². The minimum atomic E-state index is 0.284. The number of benzene rings is 1. The second-order valence-corrected chi connectivity index (χ2v) is 4.95.